The minimum Gasteiger partial charge on any atom is -0.481 e. The minimum absolute atomic E-state index is 0.0589. The second kappa shape index (κ2) is 4.04. The second-order valence-corrected chi connectivity index (χ2v) is 3.18. The van der Waals surface area contributed by atoms with Crippen molar-refractivity contribution in [3.8, 4) is 0 Å². The number of hydrogen-bond acceptors (Lipinski definition) is 4. The highest BCUT2D eigenvalue weighted by molar-refractivity contribution is 8.14. The van der Waals surface area contributed by atoms with Gasteiger partial charge in [0.15, 0.2) is 5.17 Å². The maximum absolute atomic E-state index is 10.8. The standard InChI is InChI=1S/C6H6N2O4S/c9-3-1-4(10)8-6(7-3)13-2-5(11)12/h1-2H2,(H,11,12)(H,7,8,9,10). The van der Waals surface area contributed by atoms with Crippen molar-refractivity contribution in [2.24, 2.45) is 4.99 Å². The molecule has 7 heteroatoms. The Morgan fingerprint density at radius 2 is 2.31 bits per heavy atom. The predicted molar refractivity (Wildman–Crippen MR) is 45.3 cm³/mol. The lowest BCUT2D eigenvalue weighted by Crippen LogP contribution is -2.35. The van der Waals surface area contributed by atoms with Gasteiger partial charge in [0.25, 0.3) is 5.91 Å². The topological polar surface area (TPSA) is 95.8 Å². The lowest BCUT2D eigenvalue weighted by atomic mass is 10.4. The molecule has 0 atom stereocenters. The average Bonchev–Trinajstić information content (AvgIpc) is 1.99. The zero-order valence-corrected chi connectivity index (χ0v) is 7.26. The van der Waals surface area contributed by atoms with Crippen molar-refractivity contribution >= 4 is 34.7 Å². The van der Waals surface area contributed by atoms with Crippen molar-refractivity contribution in [1.82, 2.24) is 5.32 Å². The molecule has 2 N–H and O–H groups in total. The van der Waals surface area contributed by atoms with E-state index < -0.39 is 17.8 Å². The van der Waals surface area contributed by atoms with Gasteiger partial charge >= 0.3 is 5.97 Å². The van der Waals surface area contributed by atoms with Gasteiger partial charge in [-0.2, -0.15) is 4.99 Å². The quantitative estimate of drug-likeness (QED) is 0.572. The van der Waals surface area contributed by atoms with Crippen LogP contribution in [0.1, 0.15) is 6.42 Å². The molecule has 1 heterocycles. The van der Waals surface area contributed by atoms with Gasteiger partial charge in [-0.05, 0) is 0 Å². The van der Waals surface area contributed by atoms with E-state index in [0.717, 1.165) is 11.8 Å². The summed E-state index contributed by atoms with van der Waals surface area (Å²) in [7, 11) is 0. The fourth-order valence-corrected chi connectivity index (χ4v) is 1.29. The number of rotatable bonds is 2. The number of aliphatic imine (C=N–C) groups is 1. The molecular formula is C6H6N2O4S. The first-order valence-corrected chi connectivity index (χ1v) is 4.32. The van der Waals surface area contributed by atoms with Gasteiger partial charge in [0, 0.05) is 0 Å². The molecule has 13 heavy (non-hydrogen) atoms. The van der Waals surface area contributed by atoms with Gasteiger partial charge in [0.2, 0.25) is 5.91 Å². The first kappa shape index (κ1) is 9.72. The molecular weight excluding hydrogens is 196 g/mol. The van der Waals surface area contributed by atoms with Gasteiger partial charge in [-0.25, -0.2) is 0 Å². The van der Waals surface area contributed by atoms with Crippen molar-refractivity contribution < 1.29 is 19.5 Å². The first-order chi connectivity index (χ1) is 6.08. The van der Waals surface area contributed by atoms with Crippen LogP contribution in [0.25, 0.3) is 0 Å². The van der Waals surface area contributed by atoms with Crippen molar-refractivity contribution in [3.05, 3.63) is 0 Å². The number of carbonyl (C=O) groups excluding carboxylic acids is 2. The zero-order valence-electron chi connectivity index (χ0n) is 6.44. The van der Waals surface area contributed by atoms with E-state index in [2.05, 4.69) is 10.3 Å². The molecule has 1 aliphatic rings. The van der Waals surface area contributed by atoms with Crippen molar-refractivity contribution in [2.75, 3.05) is 5.75 Å². The molecule has 0 saturated heterocycles. The third kappa shape index (κ3) is 3.24. The molecule has 0 bridgehead atoms. The van der Waals surface area contributed by atoms with E-state index in [0.29, 0.717) is 0 Å². The van der Waals surface area contributed by atoms with Crippen LogP contribution >= 0.6 is 11.8 Å². The molecule has 0 aromatic rings. The van der Waals surface area contributed by atoms with Crippen LogP contribution in [-0.2, 0) is 14.4 Å². The highest BCUT2D eigenvalue weighted by Gasteiger charge is 2.18. The van der Waals surface area contributed by atoms with Crippen LogP contribution in [0, 0.1) is 0 Å². The van der Waals surface area contributed by atoms with Crippen molar-refractivity contribution in [2.45, 2.75) is 6.42 Å². The molecule has 6 nitrogen and oxygen atoms in total. The van der Waals surface area contributed by atoms with E-state index in [-0.39, 0.29) is 17.3 Å². The Morgan fingerprint density at radius 1 is 1.62 bits per heavy atom. The number of amides is 2. The summed E-state index contributed by atoms with van der Waals surface area (Å²) in [5.41, 5.74) is 0. The van der Waals surface area contributed by atoms with Crippen LogP contribution in [0.5, 0.6) is 0 Å². The summed E-state index contributed by atoms with van der Waals surface area (Å²) in [6.45, 7) is 0. The van der Waals surface area contributed by atoms with Crippen molar-refractivity contribution in [3.63, 3.8) is 0 Å². The minimum atomic E-state index is -1.03. The second-order valence-electron chi connectivity index (χ2n) is 2.22. The van der Waals surface area contributed by atoms with Gasteiger partial charge in [-0.15, -0.1) is 0 Å². The highest BCUT2D eigenvalue weighted by atomic mass is 32.2. The van der Waals surface area contributed by atoms with E-state index in [9.17, 15) is 14.4 Å². The number of carboxylic acid groups (broad SMARTS) is 1. The number of nitrogens with one attached hydrogen (secondary N) is 1. The number of thioether (sulfide) groups is 1. The van der Waals surface area contributed by atoms with E-state index in [1.54, 1.807) is 0 Å². The third-order valence-corrected chi connectivity index (χ3v) is 1.97. The molecule has 0 aromatic carbocycles. The highest BCUT2D eigenvalue weighted by Crippen LogP contribution is 2.06. The summed E-state index contributed by atoms with van der Waals surface area (Å²) < 4.78 is 0. The largest absolute Gasteiger partial charge is 0.481 e. The first-order valence-electron chi connectivity index (χ1n) is 3.34. The molecule has 0 unspecified atom stereocenters. The molecule has 0 spiro atoms. The van der Waals surface area contributed by atoms with Gasteiger partial charge in [-0.1, -0.05) is 11.8 Å². The number of carboxylic acids is 1. The monoisotopic (exact) mass is 202 g/mol. The third-order valence-electron chi connectivity index (χ3n) is 1.12. The van der Waals surface area contributed by atoms with Gasteiger partial charge < -0.3 is 10.4 Å². The molecule has 0 aromatic heterocycles. The molecule has 0 saturated carbocycles. The number of carbonyl (C=O) groups is 3. The summed E-state index contributed by atoms with van der Waals surface area (Å²) in [4.78, 5) is 35.1. The van der Waals surface area contributed by atoms with Crippen molar-refractivity contribution in [1.29, 1.82) is 0 Å². The molecule has 1 aliphatic heterocycles. The molecule has 0 fully saturated rings. The fraction of sp³-hybridized carbons (Fsp3) is 0.333. The normalized spacial score (nSPS) is 16.5. The molecule has 70 valence electrons. The molecule has 0 aliphatic carbocycles. The Kier molecular flexibility index (Phi) is 3.02. The van der Waals surface area contributed by atoms with Crippen LogP contribution in [0.4, 0.5) is 0 Å². The van der Waals surface area contributed by atoms with Crippen LogP contribution in [-0.4, -0.2) is 33.8 Å². The summed E-state index contributed by atoms with van der Waals surface area (Å²) in [6.07, 6.45) is -0.267. The van der Waals surface area contributed by atoms with Crippen LogP contribution in [0.3, 0.4) is 0 Å². The fourth-order valence-electron chi connectivity index (χ4n) is 0.680. The average molecular weight is 202 g/mol. The molecule has 0 radical (unpaired) electrons. The number of hydrogen-bond donors (Lipinski definition) is 2. The molecule has 1 rings (SSSR count). The van der Waals surface area contributed by atoms with E-state index in [4.69, 9.17) is 5.11 Å². The smallest absolute Gasteiger partial charge is 0.313 e. The lowest BCUT2D eigenvalue weighted by molar-refractivity contribution is -0.134. The van der Waals surface area contributed by atoms with Crippen LogP contribution in [0.15, 0.2) is 4.99 Å². The number of nitrogens with zero attached hydrogens (tertiary/aromatic N) is 1. The Hall–Kier alpha value is -1.37. The molecule has 2 amide bonds. The summed E-state index contributed by atoms with van der Waals surface area (Å²) in [5, 5.41) is 10.7. The van der Waals surface area contributed by atoms with Crippen LogP contribution < -0.4 is 5.32 Å². The maximum atomic E-state index is 10.8. The predicted octanol–water partition coefficient (Wildman–Crippen LogP) is -0.793. The van der Waals surface area contributed by atoms with Gasteiger partial charge in [-0.3, -0.25) is 14.4 Å². The summed E-state index contributed by atoms with van der Waals surface area (Å²) in [6, 6.07) is 0. The Balaban J connectivity index is 2.54. The number of amidine groups is 1. The number of aliphatic carboxylic acids is 1. The van der Waals surface area contributed by atoms with Crippen LogP contribution in [0.2, 0.25) is 0 Å². The van der Waals surface area contributed by atoms with E-state index in [1.165, 1.54) is 0 Å². The lowest BCUT2D eigenvalue weighted by Gasteiger charge is -2.09. The summed E-state index contributed by atoms with van der Waals surface area (Å²) in [5.74, 6) is -2.25. The Morgan fingerprint density at radius 3 is 2.85 bits per heavy atom. The van der Waals surface area contributed by atoms with Gasteiger partial charge in [0.05, 0.1) is 5.75 Å². The Labute approximate surface area is 77.4 Å². The maximum Gasteiger partial charge on any atom is 0.313 e. The SMILES string of the molecule is O=C(O)CSC1=NC(=O)CC(=O)N1. The zero-order chi connectivity index (χ0) is 9.84. The van der Waals surface area contributed by atoms with Gasteiger partial charge in [0.1, 0.15) is 6.42 Å². The Bertz CT molecular complexity index is 299. The van der Waals surface area contributed by atoms with E-state index in [1.807, 2.05) is 0 Å². The summed E-state index contributed by atoms with van der Waals surface area (Å²) >= 11 is 0.811. The van der Waals surface area contributed by atoms with E-state index >= 15 is 0 Å².